The Morgan fingerprint density at radius 1 is 0.466 bits per heavy atom. The highest BCUT2D eigenvalue weighted by atomic mass is 28.4. The van der Waals surface area contributed by atoms with Crippen molar-refractivity contribution < 1.29 is 33.4 Å². The lowest BCUT2D eigenvalue weighted by atomic mass is 10.1. The van der Waals surface area contributed by atoms with Crippen LogP contribution >= 0.6 is 0 Å². The molecule has 4 rings (SSSR count). The van der Waals surface area contributed by atoms with Gasteiger partial charge in [0, 0.05) is 5.56 Å². The van der Waals surface area contributed by atoms with Crippen LogP contribution in [-0.4, -0.2) is 60.8 Å². The number of methoxy groups -OCH3 is 1. The molecule has 58 heavy (non-hydrogen) atoms. The average molecular weight is 863 g/mol. The molecule has 0 unspecified atom stereocenters. The molecule has 0 aromatic heterocycles. The van der Waals surface area contributed by atoms with Crippen molar-refractivity contribution in [2.24, 2.45) is 0 Å². The standard InChI is InChI=1S/C24H38O5Si2.C23H36O2Si2/c1-28-24-17-20(11-13-23(24)27)9-7-15-31(4,5)29-30(2,3)14-6-8-19-10-12-22(26)21(16-19)18-25;1-20-12-6-7-13-21(20)15-10-18-26(2,3)25-27(4,5)19-11-16-22-14-8-9-17-23(22)24/h10-13,16-17,25-27H,6-9,14-15,18H2,1-5H3;6-9,12-14,17,24H,10-11,15-16,18-19H2,1-5H3. The third-order valence-electron chi connectivity index (χ3n) is 10.9. The van der Waals surface area contributed by atoms with Crippen LogP contribution in [0.5, 0.6) is 23.0 Å². The average Bonchev–Trinajstić information content (AvgIpc) is 3.13. The molecule has 4 N–H and O–H groups in total. The van der Waals surface area contributed by atoms with E-state index in [1.165, 1.54) is 29.2 Å². The second-order valence-electron chi connectivity index (χ2n) is 18.3. The fraction of sp³-hybridized carbons (Fsp3) is 0.489. The summed E-state index contributed by atoms with van der Waals surface area (Å²) in [4.78, 5) is 0. The van der Waals surface area contributed by atoms with E-state index in [4.69, 9.17) is 13.0 Å². The van der Waals surface area contributed by atoms with Crippen LogP contribution in [0, 0.1) is 6.92 Å². The Balaban J connectivity index is 0.000000313. The molecule has 320 valence electrons. The number of hydrogen-bond donors (Lipinski definition) is 4. The first-order valence-corrected chi connectivity index (χ1v) is 33.7. The number of para-hydroxylation sites is 1. The molecule has 4 aromatic rings. The minimum absolute atomic E-state index is 0.139. The van der Waals surface area contributed by atoms with Gasteiger partial charge in [-0.15, -0.1) is 0 Å². The number of rotatable bonds is 22. The van der Waals surface area contributed by atoms with Crippen molar-refractivity contribution >= 4 is 33.3 Å². The molecule has 7 nitrogen and oxygen atoms in total. The second-order valence-corrected chi connectivity index (χ2v) is 36.1. The molecule has 0 aliphatic carbocycles. The molecule has 11 heteroatoms. The summed E-state index contributed by atoms with van der Waals surface area (Å²) in [6, 6.07) is 32.0. The van der Waals surface area contributed by atoms with E-state index in [0.717, 1.165) is 74.2 Å². The normalized spacial score (nSPS) is 12.3. The van der Waals surface area contributed by atoms with Crippen LogP contribution in [-0.2, 0) is 40.5 Å². The number of ether oxygens (including phenoxy) is 1. The summed E-state index contributed by atoms with van der Waals surface area (Å²) < 4.78 is 18.7. The largest absolute Gasteiger partial charge is 0.508 e. The third-order valence-corrected chi connectivity index (χ3v) is 25.9. The Kier molecular flexibility index (Phi) is 19.5. The zero-order valence-electron chi connectivity index (χ0n) is 37.3. The first kappa shape index (κ1) is 49.2. The second kappa shape index (κ2) is 23.0. The summed E-state index contributed by atoms with van der Waals surface area (Å²) in [5.41, 5.74) is 6.83. The molecule has 0 amide bonds. The van der Waals surface area contributed by atoms with E-state index in [0.29, 0.717) is 17.1 Å². The highest BCUT2D eigenvalue weighted by Gasteiger charge is 2.33. The van der Waals surface area contributed by atoms with Crippen molar-refractivity contribution in [3.05, 3.63) is 118 Å². The maximum atomic E-state index is 9.92. The number of aryl methyl sites for hydroxylation is 5. The van der Waals surface area contributed by atoms with Gasteiger partial charge in [-0.2, -0.15) is 0 Å². The SMILES string of the molecule is COc1cc(CCC[Si](C)(C)O[Si](C)(C)CCCc2ccc(O)c(CO)c2)ccc1O.Cc1ccccc1CCC[Si](C)(C)O[Si](C)(C)CCCc1ccccc1O. The summed E-state index contributed by atoms with van der Waals surface area (Å²) in [6.45, 7) is 20.8. The van der Waals surface area contributed by atoms with Gasteiger partial charge in [0.1, 0.15) is 11.5 Å². The van der Waals surface area contributed by atoms with Crippen molar-refractivity contribution in [2.45, 2.75) is 141 Å². The van der Waals surface area contributed by atoms with Gasteiger partial charge in [0.2, 0.25) is 0 Å². The fourth-order valence-corrected chi connectivity index (χ4v) is 25.7. The fourth-order valence-electron chi connectivity index (χ4n) is 7.96. The van der Waals surface area contributed by atoms with Gasteiger partial charge < -0.3 is 33.4 Å². The van der Waals surface area contributed by atoms with Gasteiger partial charge in [-0.1, -0.05) is 54.6 Å². The number of hydrogen-bond acceptors (Lipinski definition) is 7. The van der Waals surface area contributed by atoms with Crippen LogP contribution in [0.25, 0.3) is 0 Å². The quantitative estimate of drug-likeness (QED) is 0.0583. The molecule has 0 aliphatic rings. The van der Waals surface area contributed by atoms with Gasteiger partial charge in [-0.25, -0.2) is 0 Å². The molecule has 0 saturated carbocycles. The first-order valence-electron chi connectivity index (χ1n) is 21.2. The van der Waals surface area contributed by atoms with Crippen molar-refractivity contribution in [2.75, 3.05) is 7.11 Å². The zero-order chi connectivity index (χ0) is 43.0. The molecule has 0 fully saturated rings. The Hall–Kier alpha value is -3.17. The van der Waals surface area contributed by atoms with Gasteiger partial charge in [0.25, 0.3) is 0 Å². The Morgan fingerprint density at radius 2 is 0.879 bits per heavy atom. The van der Waals surface area contributed by atoms with Gasteiger partial charge >= 0.3 is 0 Å². The number of aromatic hydroxyl groups is 3. The predicted molar refractivity (Wildman–Crippen MR) is 253 cm³/mol. The maximum Gasteiger partial charge on any atom is 0.173 e. The molecule has 0 aliphatic heterocycles. The summed E-state index contributed by atoms with van der Waals surface area (Å²) in [6.07, 6.45) is 8.38. The van der Waals surface area contributed by atoms with Gasteiger partial charge in [0.15, 0.2) is 44.8 Å². The molecule has 0 atom stereocenters. The van der Waals surface area contributed by atoms with Crippen LogP contribution in [0.2, 0.25) is 76.6 Å². The predicted octanol–water partition coefficient (Wildman–Crippen LogP) is 12.3. The van der Waals surface area contributed by atoms with E-state index in [-0.39, 0.29) is 18.1 Å². The Bertz CT molecular complexity index is 1710. The van der Waals surface area contributed by atoms with Crippen LogP contribution in [0.15, 0.2) is 84.9 Å². The maximum absolute atomic E-state index is 9.92. The van der Waals surface area contributed by atoms with Gasteiger partial charge in [-0.05, 0) is 193 Å². The molecule has 0 radical (unpaired) electrons. The molecule has 0 spiro atoms. The van der Waals surface area contributed by atoms with Crippen LogP contribution in [0.4, 0.5) is 0 Å². The molecular formula is C47H74O7Si4. The molecule has 0 saturated heterocycles. The van der Waals surface area contributed by atoms with E-state index < -0.39 is 33.3 Å². The smallest absolute Gasteiger partial charge is 0.173 e. The van der Waals surface area contributed by atoms with E-state index in [1.807, 2.05) is 42.5 Å². The lowest BCUT2D eigenvalue weighted by Gasteiger charge is -2.34. The van der Waals surface area contributed by atoms with Crippen molar-refractivity contribution in [3.63, 3.8) is 0 Å². The lowest BCUT2D eigenvalue weighted by Crippen LogP contribution is -2.44. The summed E-state index contributed by atoms with van der Waals surface area (Å²) in [7, 11) is -5.26. The highest BCUT2D eigenvalue weighted by molar-refractivity contribution is 6.85. The first-order chi connectivity index (χ1) is 27.2. The minimum atomic E-state index is -1.77. The van der Waals surface area contributed by atoms with Crippen molar-refractivity contribution in [3.8, 4) is 23.0 Å². The molecular weight excluding hydrogens is 789 g/mol. The van der Waals surface area contributed by atoms with Gasteiger partial charge in [-0.3, -0.25) is 0 Å². The van der Waals surface area contributed by atoms with Crippen LogP contribution in [0.3, 0.4) is 0 Å². The molecule has 0 heterocycles. The van der Waals surface area contributed by atoms with Crippen LogP contribution in [0.1, 0.15) is 59.1 Å². The number of benzene rings is 4. The van der Waals surface area contributed by atoms with E-state index in [2.05, 4.69) is 83.6 Å². The number of phenolic OH excluding ortho intramolecular Hbond substituents is 2. The summed E-state index contributed by atoms with van der Waals surface area (Å²) in [5.74, 6) is 1.28. The highest BCUT2D eigenvalue weighted by Crippen LogP contribution is 2.30. The van der Waals surface area contributed by atoms with Crippen molar-refractivity contribution in [1.29, 1.82) is 0 Å². The third kappa shape index (κ3) is 18.0. The van der Waals surface area contributed by atoms with E-state index >= 15 is 0 Å². The van der Waals surface area contributed by atoms with Gasteiger partial charge in [0.05, 0.1) is 13.7 Å². The van der Waals surface area contributed by atoms with Crippen molar-refractivity contribution in [1.82, 2.24) is 0 Å². The zero-order valence-corrected chi connectivity index (χ0v) is 41.3. The molecule has 4 aromatic carbocycles. The van der Waals surface area contributed by atoms with E-state index in [1.54, 1.807) is 25.3 Å². The number of aliphatic hydroxyl groups excluding tert-OH is 1. The molecule has 0 bridgehead atoms. The minimum Gasteiger partial charge on any atom is -0.508 e. The number of aliphatic hydroxyl groups is 1. The summed E-state index contributed by atoms with van der Waals surface area (Å²) in [5, 5.41) is 38.7. The van der Waals surface area contributed by atoms with Crippen LogP contribution < -0.4 is 4.74 Å². The van der Waals surface area contributed by atoms with E-state index in [9.17, 15) is 20.4 Å². The summed E-state index contributed by atoms with van der Waals surface area (Å²) >= 11 is 0. The number of phenols is 3. The topological polar surface area (TPSA) is 109 Å². The Morgan fingerprint density at radius 3 is 1.36 bits per heavy atom. The monoisotopic (exact) mass is 862 g/mol. The lowest BCUT2D eigenvalue weighted by molar-refractivity contribution is 0.275. The Labute approximate surface area is 355 Å².